The Labute approximate surface area is 154 Å². The summed E-state index contributed by atoms with van der Waals surface area (Å²) in [5.74, 6) is 1.07. The zero-order chi connectivity index (χ0) is 18.4. The van der Waals surface area contributed by atoms with Gasteiger partial charge in [-0.25, -0.2) is 13.1 Å². The molecule has 0 amide bonds. The van der Waals surface area contributed by atoms with E-state index in [9.17, 15) is 8.42 Å². The second-order valence-electron chi connectivity index (χ2n) is 5.63. The van der Waals surface area contributed by atoms with Gasteiger partial charge in [0.05, 0.1) is 5.69 Å². The van der Waals surface area contributed by atoms with Gasteiger partial charge >= 0.3 is 0 Å². The van der Waals surface area contributed by atoms with Crippen molar-refractivity contribution < 1.29 is 8.42 Å². The number of fused-ring (bicyclic) bond motifs is 1. The van der Waals surface area contributed by atoms with Gasteiger partial charge in [-0.1, -0.05) is 34.6 Å². The first kappa shape index (κ1) is 17.4. The highest BCUT2D eigenvalue weighted by molar-refractivity contribution is 9.10. The number of anilines is 1. The summed E-state index contributed by atoms with van der Waals surface area (Å²) in [6, 6.07) is 9.55. The molecule has 1 aliphatic rings. The first-order valence-corrected chi connectivity index (χ1v) is 9.91. The van der Waals surface area contributed by atoms with E-state index in [0.29, 0.717) is 23.0 Å². The molecule has 3 rings (SSSR count). The van der Waals surface area contributed by atoms with Gasteiger partial charge in [0.1, 0.15) is 11.6 Å². The van der Waals surface area contributed by atoms with Gasteiger partial charge in [-0.3, -0.25) is 5.41 Å². The van der Waals surface area contributed by atoms with Crippen molar-refractivity contribution in [2.75, 3.05) is 18.6 Å². The van der Waals surface area contributed by atoms with Crippen LogP contribution in [0.1, 0.15) is 0 Å². The predicted octanol–water partition coefficient (Wildman–Crippen LogP) is 2.96. The van der Waals surface area contributed by atoms with Crippen LogP contribution in [0.15, 0.2) is 53.2 Å². The van der Waals surface area contributed by atoms with Crippen molar-refractivity contribution in [3.63, 3.8) is 0 Å². The van der Waals surface area contributed by atoms with E-state index in [0.717, 1.165) is 16.3 Å². The smallest absolute Gasteiger partial charge is 0.221 e. The van der Waals surface area contributed by atoms with Crippen LogP contribution in [0.25, 0.3) is 17.1 Å². The fraction of sp³-hybridized carbons (Fsp3) is 0.125. The molecule has 2 aromatic rings. The summed E-state index contributed by atoms with van der Waals surface area (Å²) in [4.78, 5) is 1.27. The summed E-state index contributed by atoms with van der Waals surface area (Å²) in [6.45, 7) is 3.88. The lowest BCUT2D eigenvalue weighted by atomic mass is 10.1. The number of halogens is 1. The van der Waals surface area contributed by atoms with Crippen LogP contribution in [0, 0.1) is 5.41 Å². The molecule has 9 heteroatoms. The molecule has 130 valence electrons. The van der Waals surface area contributed by atoms with Gasteiger partial charge in [-0.05, 0) is 12.1 Å². The Morgan fingerprint density at radius 1 is 1.40 bits per heavy atom. The molecular weight excluding hydrogens is 406 g/mol. The summed E-state index contributed by atoms with van der Waals surface area (Å²) in [6.07, 6.45) is 2.64. The lowest BCUT2D eigenvalue weighted by Crippen LogP contribution is -2.34. The van der Waals surface area contributed by atoms with Crippen LogP contribution in [-0.4, -0.2) is 41.6 Å². The summed E-state index contributed by atoms with van der Waals surface area (Å²) in [5, 5.41) is 15.0. The monoisotopic (exact) mass is 421 g/mol. The van der Waals surface area contributed by atoms with Crippen molar-refractivity contribution in [1.29, 1.82) is 5.41 Å². The molecule has 0 bridgehead atoms. The van der Waals surface area contributed by atoms with Crippen LogP contribution in [0.3, 0.4) is 0 Å². The van der Waals surface area contributed by atoms with Gasteiger partial charge in [-0.2, -0.15) is 5.10 Å². The molecule has 1 aliphatic heterocycles. The molecule has 1 aromatic carbocycles. The molecule has 0 spiro atoms. The number of amidine groups is 1. The molecule has 0 atom stereocenters. The van der Waals surface area contributed by atoms with Crippen LogP contribution >= 0.6 is 15.9 Å². The van der Waals surface area contributed by atoms with Crippen LogP contribution in [0.2, 0.25) is 0 Å². The van der Waals surface area contributed by atoms with E-state index >= 15 is 0 Å². The Hall–Kier alpha value is -2.39. The Kier molecular flexibility index (Phi) is 4.29. The normalized spacial score (nSPS) is 13.7. The number of hydrogen-bond acceptors (Lipinski definition) is 5. The van der Waals surface area contributed by atoms with E-state index in [4.69, 9.17) is 5.41 Å². The third kappa shape index (κ3) is 3.38. The van der Waals surface area contributed by atoms with E-state index in [2.05, 4.69) is 32.9 Å². The number of hydrogen-bond donors (Lipinski definition) is 2. The van der Waals surface area contributed by atoms with E-state index in [-0.39, 0.29) is 0 Å². The number of sulfone groups is 1. The number of nitrogens with zero attached hydrogens (tertiary/aromatic N) is 3. The number of aromatic nitrogens is 2. The van der Waals surface area contributed by atoms with Gasteiger partial charge in [0.25, 0.3) is 0 Å². The van der Waals surface area contributed by atoms with Crippen molar-refractivity contribution in [2.45, 2.75) is 0 Å². The fourth-order valence-electron chi connectivity index (χ4n) is 2.44. The summed E-state index contributed by atoms with van der Waals surface area (Å²) < 4.78 is 25.9. The third-order valence-corrected chi connectivity index (χ3v) is 5.11. The van der Waals surface area contributed by atoms with Gasteiger partial charge in [0.2, 0.25) is 15.0 Å². The zero-order valence-corrected chi connectivity index (χ0v) is 16.0. The summed E-state index contributed by atoms with van der Waals surface area (Å²) >= 11 is 3.44. The van der Waals surface area contributed by atoms with Crippen molar-refractivity contribution in [1.82, 2.24) is 14.7 Å². The quantitative estimate of drug-likeness (QED) is 0.574. The first-order chi connectivity index (χ1) is 11.7. The van der Waals surface area contributed by atoms with Gasteiger partial charge in [0.15, 0.2) is 0 Å². The van der Waals surface area contributed by atoms with E-state index < -0.39 is 15.0 Å². The zero-order valence-electron chi connectivity index (χ0n) is 13.6. The van der Waals surface area contributed by atoms with Crippen LogP contribution in [0.5, 0.6) is 0 Å². The number of nitrogens with one attached hydrogen (secondary N) is 2. The lowest BCUT2D eigenvalue weighted by molar-refractivity contribution is 0.595. The van der Waals surface area contributed by atoms with Gasteiger partial charge in [-0.15, -0.1) is 0 Å². The van der Waals surface area contributed by atoms with E-state index in [1.54, 1.807) is 10.8 Å². The Bertz CT molecular complexity index is 1020. The Morgan fingerprint density at radius 2 is 2.12 bits per heavy atom. The fourth-order valence-corrected chi connectivity index (χ4v) is 3.43. The number of benzene rings is 1. The average Bonchev–Trinajstić information content (AvgIpc) is 2.95. The third-order valence-electron chi connectivity index (χ3n) is 3.64. The van der Waals surface area contributed by atoms with Gasteiger partial charge < -0.3 is 10.2 Å². The lowest BCUT2D eigenvalue weighted by Gasteiger charge is -2.26. The number of rotatable bonds is 2. The molecule has 0 saturated heterocycles. The summed E-state index contributed by atoms with van der Waals surface area (Å²) in [7, 11) is -2.14. The van der Waals surface area contributed by atoms with Crippen molar-refractivity contribution in [3.8, 4) is 11.3 Å². The molecule has 25 heavy (non-hydrogen) atoms. The van der Waals surface area contributed by atoms with Crippen molar-refractivity contribution >= 4 is 42.6 Å². The Balaban J connectivity index is 2.07. The molecule has 2 heterocycles. The molecule has 0 fully saturated rings. The maximum Gasteiger partial charge on any atom is 0.221 e. The van der Waals surface area contributed by atoms with Crippen molar-refractivity contribution in [3.05, 3.63) is 53.2 Å². The highest BCUT2D eigenvalue weighted by atomic mass is 79.9. The van der Waals surface area contributed by atoms with Crippen LogP contribution in [0.4, 0.5) is 5.82 Å². The minimum Gasteiger partial charge on any atom is -0.340 e. The van der Waals surface area contributed by atoms with Crippen LogP contribution < -0.4 is 5.32 Å². The van der Waals surface area contributed by atoms with Gasteiger partial charge in [0, 0.05) is 41.2 Å². The molecular formula is C16H16BrN5O2S. The van der Waals surface area contributed by atoms with E-state index in [1.807, 2.05) is 30.3 Å². The highest BCUT2D eigenvalue weighted by Gasteiger charge is 2.25. The molecule has 0 aliphatic carbocycles. The standard InChI is InChI=1S/C16H16BrN5O2S/c1-10-7-15(21(2)16(18)25(3,23)24)22-14(19-10)9-13(20-22)11-5-4-6-12(17)8-11/h4-9,18-19H,1H2,2-3H3. The molecule has 2 N–H and O–H groups in total. The molecule has 7 nitrogen and oxygen atoms in total. The molecule has 1 aromatic heterocycles. The minimum absolute atomic E-state index is 0.426. The minimum atomic E-state index is -3.65. The SMILES string of the molecule is C=C1C=C(N(C)C(=N)S(C)(=O)=O)n2nc(-c3cccc(Br)c3)cc2N1. The maximum atomic E-state index is 11.7. The average molecular weight is 422 g/mol. The second-order valence-corrected chi connectivity index (χ2v) is 8.47. The van der Waals surface area contributed by atoms with Crippen LogP contribution in [-0.2, 0) is 9.84 Å². The summed E-state index contributed by atoms with van der Waals surface area (Å²) in [5.41, 5.74) is 2.20. The largest absolute Gasteiger partial charge is 0.340 e. The second kappa shape index (κ2) is 6.16. The Morgan fingerprint density at radius 3 is 2.76 bits per heavy atom. The number of allylic oxidation sites excluding steroid dienone is 1. The maximum absolute atomic E-state index is 11.7. The van der Waals surface area contributed by atoms with Crippen molar-refractivity contribution in [2.24, 2.45) is 0 Å². The molecule has 0 unspecified atom stereocenters. The predicted molar refractivity (Wildman–Crippen MR) is 103 cm³/mol. The highest BCUT2D eigenvalue weighted by Crippen LogP contribution is 2.31. The molecule has 0 saturated carbocycles. The molecule has 0 radical (unpaired) electrons. The van der Waals surface area contributed by atoms with E-state index in [1.165, 1.54) is 11.9 Å². The first-order valence-electron chi connectivity index (χ1n) is 7.23. The topological polar surface area (TPSA) is 91.1 Å².